The highest BCUT2D eigenvalue weighted by atomic mass is 32.2. The molecule has 1 aliphatic heterocycles. The Morgan fingerprint density at radius 2 is 1.77 bits per heavy atom. The molecule has 1 aromatic carbocycles. The zero-order valence-corrected chi connectivity index (χ0v) is 19.0. The molecule has 0 aromatic heterocycles. The van der Waals surface area contributed by atoms with Crippen LogP contribution in [0.1, 0.15) is 76.0 Å². The van der Waals surface area contributed by atoms with E-state index in [4.69, 9.17) is 0 Å². The van der Waals surface area contributed by atoms with Gasteiger partial charge in [-0.15, -0.1) is 0 Å². The molecular weight excluding hydrogens is 398 g/mol. The van der Waals surface area contributed by atoms with Crippen molar-refractivity contribution < 1.29 is 13.2 Å². The van der Waals surface area contributed by atoms with Gasteiger partial charge in [-0.1, -0.05) is 18.9 Å². The van der Waals surface area contributed by atoms with Crippen LogP contribution in [0.5, 0.6) is 0 Å². The molecule has 1 saturated carbocycles. The topological polar surface area (TPSA) is 78.5 Å². The van der Waals surface area contributed by atoms with E-state index in [0.29, 0.717) is 10.9 Å². The lowest BCUT2D eigenvalue weighted by Crippen LogP contribution is -2.43. The number of hydrogen-bond acceptors (Lipinski definition) is 4. The van der Waals surface area contributed by atoms with Gasteiger partial charge in [0.05, 0.1) is 10.9 Å². The average Bonchev–Trinajstić information content (AvgIpc) is 3.37. The Balaban J connectivity index is 1.42. The summed E-state index contributed by atoms with van der Waals surface area (Å²) in [6, 6.07) is 5.90. The molecule has 166 valence electrons. The van der Waals surface area contributed by atoms with Crippen molar-refractivity contribution in [1.82, 2.24) is 14.9 Å². The summed E-state index contributed by atoms with van der Waals surface area (Å²) in [7, 11) is -3.52. The van der Waals surface area contributed by atoms with Gasteiger partial charge >= 0.3 is 0 Å². The van der Waals surface area contributed by atoms with Crippen LogP contribution in [0.3, 0.4) is 0 Å². The van der Waals surface area contributed by atoms with E-state index in [1.165, 1.54) is 0 Å². The molecule has 2 N–H and O–H groups in total. The van der Waals surface area contributed by atoms with Gasteiger partial charge in [-0.05, 0) is 88.7 Å². The Kier molecular flexibility index (Phi) is 6.51. The molecule has 1 aromatic rings. The Morgan fingerprint density at radius 3 is 2.43 bits per heavy atom. The monoisotopic (exact) mass is 433 g/mol. The Morgan fingerprint density at radius 1 is 1.07 bits per heavy atom. The van der Waals surface area contributed by atoms with Crippen molar-refractivity contribution in [3.8, 4) is 0 Å². The molecule has 4 rings (SSSR count). The van der Waals surface area contributed by atoms with E-state index in [2.05, 4.69) is 28.8 Å². The molecule has 30 heavy (non-hydrogen) atoms. The zero-order valence-electron chi connectivity index (χ0n) is 18.2. The minimum Gasteiger partial charge on any atom is -0.349 e. The maximum atomic E-state index is 12.9. The van der Waals surface area contributed by atoms with Gasteiger partial charge in [0.1, 0.15) is 0 Å². The normalized spacial score (nSPS) is 23.8. The molecule has 1 amide bonds. The van der Waals surface area contributed by atoms with Crippen LogP contribution in [0.15, 0.2) is 23.1 Å². The number of benzene rings is 1. The first-order chi connectivity index (χ1) is 14.3. The number of sulfonamides is 1. The fraction of sp³-hybridized carbons (Fsp3) is 0.696. The highest BCUT2D eigenvalue weighted by molar-refractivity contribution is 7.89. The maximum Gasteiger partial charge on any atom is 0.240 e. The Labute approximate surface area is 180 Å². The number of carbonyl (C=O) groups excluding carboxylic acids is 1. The van der Waals surface area contributed by atoms with Gasteiger partial charge in [0.25, 0.3) is 0 Å². The molecular formula is C23H35N3O3S. The van der Waals surface area contributed by atoms with Gasteiger partial charge in [0.2, 0.25) is 15.9 Å². The number of aryl methyl sites for hydroxylation is 1. The van der Waals surface area contributed by atoms with Crippen LogP contribution < -0.4 is 10.0 Å². The molecule has 3 aliphatic rings. The second kappa shape index (κ2) is 8.97. The number of fused-ring (bicyclic) bond motifs is 1. The summed E-state index contributed by atoms with van der Waals surface area (Å²) in [4.78, 5) is 15.6. The third kappa shape index (κ3) is 4.73. The summed E-state index contributed by atoms with van der Waals surface area (Å²) < 4.78 is 28.6. The molecule has 0 bridgehead atoms. The van der Waals surface area contributed by atoms with Gasteiger partial charge in [-0.2, -0.15) is 0 Å². The molecule has 6 nitrogen and oxygen atoms in total. The van der Waals surface area contributed by atoms with E-state index in [1.54, 1.807) is 12.1 Å². The van der Waals surface area contributed by atoms with Gasteiger partial charge < -0.3 is 10.2 Å². The molecule has 1 atom stereocenters. The quantitative estimate of drug-likeness (QED) is 0.722. The molecule has 2 fully saturated rings. The van der Waals surface area contributed by atoms with Gasteiger partial charge in [0.15, 0.2) is 0 Å². The van der Waals surface area contributed by atoms with E-state index in [-0.39, 0.29) is 23.9 Å². The van der Waals surface area contributed by atoms with Crippen LogP contribution in [0, 0.1) is 5.92 Å². The first-order valence-corrected chi connectivity index (χ1v) is 13.0. The van der Waals surface area contributed by atoms with Gasteiger partial charge in [-0.3, -0.25) is 4.79 Å². The summed E-state index contributed by atoms with van der Waals surface area (Å²) in [6.07, 6.45) is 7.50. The lowest BCUT2D eigenvalue weighted by Gasteiger charge is -2.34. The first-order valence-electron chi connectivity index (χ1n) is 11.5. The third-order valence-corrected chi connectivity index (χ3v) is 8.65. The first kappa shape index (κ1) is 21.8. The third-order valence-electron chi connectivity index (χ3n) is 7.13. The predicted octanol–water partition coefficient (Wildman–Crippen LogP) is 3.13. The molecule has 2 aliphatic carbocycles. The second-order valence-corrected chi connectivity index (χ2v) is 11.2. The minimum atomic E-state index is -3.52. The highest BCUT2D eigenvalue weighted by Crippen LogP contribution is 2.34. The second-order valence-electron chi connectivity index (χ2n) is 9.47. The SMILES string of the molecule is CC(C)N1CCC(C(=O)N[C@H]2CCc3ccc(S(=O)(=O)NC4CCCC4)cc32)CC1. The van der Waals surface area contributed by atoms with Crippen molar-refractivity contribution in [3.05, 3.63) is 29.3 Å². The van der Waals surface area contributed by atoms with Crippen LogP contribution in [0.4, 0.5) is 0 Å². The van der Waals surface area contributed by atoms with Crippen LogP contribution in [0.25, 0.3) is 0 Å². The molecule has 7 heteroatoms. The standard InChI is InChI=1S/C23H35N3O3S/c1-16(2)26-13-11-18(12-14-26)23(27)24-22-10-8-17-7-9-20(15-21(17)22)30(28,29)25-19-5-3-4-6-19/h7,9,15-16,18-19,22,25H,3-6,8,10-14H2,1-2H3,(H,24,27)/t22-/m0/s1. The average molecular weight is 434 g/mol. The predicted molar refractivity (Wildman–Crippen MR) is 118 cm³/mol. The number of nitrogens with one attached hydrogen (secondary N) is 2. The van der Waals surface area contributed by atoms with Crippen LogP contribution in [-0.4, -0.2) is 44.4 Å². The fourth-order valence-electron chi connectivity index (χ4n) is 5.20. The summed E-state index contributed by atoms with van der Waals surface area (Å²) in [6.45, 7) is 6.32. The number of amides is 1. The summed E-state index contributed by atoms with van der Waals surface area (Å²) in [5.41, 5.74) is 2.12. The van der Waals surface area contributed by atoms with Gasteiger partial charge in [0, 0.05) is 18.0 Å². The summed E-state index contributed by atoms with van der Waals surface area (Å²) >= 11 is 0. The van der Waals surface area contributed by atoms with E-state index < -0.39 is 10.0 Å². The molecule has 1 heterocycles. The maximum absolute atomic E-state index is 12.9. The van der Waals surface area contributed by atoms with E-state index in [9.17, 15) is 13.2 Å². The molecule has 0 spiro atoms. The van der Waals surface area contributed by atoms with Crippen LogP contribution >= 0.6 is 0 Å². The Bertz CT molecular complexity index is 870. The van der Waals surface area contributed by atoms with Crippen molar-refractivity contribution in [3.63, 3.8) is 0 Å². The number of rotatable bonds is 6. The van der Waals surface area contributed by atoms with Crippen molar-refractivity contribution in [2.75, 3.05) is 13.1 Å². The smallest absolute Gasteiger partial charge is 0.240 e. The molecule has 0 radical (unpaired) electrons. The van der Waals surface area contributed by atoms with E-state index in [0.717, 1.165) is 75.6 Å². The summed E-state index contributed by atoms with van der Waals surface area (Å²) in [5.74, 6) is 0.175. The number of hydrogen-bond donors (Lipinski definition) is 2. The fourth-order valence-corrected chi connectivity index (χ4v) is 6.54. The number of piperidine rings is 1. The largest absolute Gasteiger partial charge is 0.349 e. The van der Waals surface area contributed by atoms with Crippen molar-refractivity contribution in [1.29, 1.82) is 0 Å². The Hall–Kier alpha value is -1.44. The zero-order chi connectivity index (χ0) is 21.3. The number of nitrogens with zero attached hydrogens (tertiary/aromatic N) is 1. The van der Waals surface area contributed by atoms with E-state index in [1.807, 2.05) is 6.07 Å². The molecule has 0 unspecified atom stereocenters. The molecule has 1 saturated heterocycles. The van der Waals surface area contributed by atoms with Crippen molar-refractivity contribution >= 4 is 15.9 Å². The van der Waals surface area contributed by atoms with Crippen molar-refractivity contribution in [2.24, 2.45) is 5.92 Å². The summed E-state index contributed by atoms with van der Waals surface area (Å²) in [5, 5.41) is 3.23. The van der Waals surface area contributed by atoms with Crippen molar-refractivity contribution in [2.45, 2.75) is 88.2 Å². The highest BCUT2D eigenvalue weighted by Gasteiger charge is 2.31. The lowest BCUT2D eigenvalue weighted by molar-refractivity contribution is -0.127. The van der Waals surface area contributed by atoms with Gasteiger partial charge in [-0.25, -0.2) is 13.1 Å². The van der Waals surface area contributed by atoms with Crippen LogP contribution in [0.2, 0.25) is 0 Å². The minimum absolute atomic E-state index is 0.0514. The lowest BCUT2D eigenvalue weighted by atomic mass is 9.94. The van der Waals surface area contributed by atoms with E-state index >= 15 is 0 Å². The number of carbonyl (C=O) groups is 1. The van der Waals surface area contributed by atoms with Crippen LogP contribution in [-0.2, 0) is 21.2 Å². The number of likely N-dealkylation sites (tertiary alicyclic amines) is 1.